The average Bonchev–Trinajstić information content (AvgIpc) is 3.28. The number of hydrogen-bond acceptors (Lipinski definition) is 4. The van der Waals surface area contributed by atoms with Crippen molar-refractivity contribution >= 4 is 46.3 Å². The lowest BCUT2D eigenvalue weighted by Gasteiger charge is -2.14. The highest BCUT2D eigenvalue weighted by molar-refractivity contribution is 6.41. The number of carbonyl (C=O) groups is 2. The predicted molar refractivity (Wildman–Crippen MR) is 117 cm³/mol. The van der Waals surface area contributed by atoms with E-state index in [9.17, 15) is 9.59 Å². The summed E-state index contributed by atoms with van der Waals surface area (Å²) in [4.78, 5) is 27.7. The fourth-order valence-corrected chi connectivity index (χ4v) is 3.93. The lowest BCUT2D eigenvalue weighted by atomic mass is 10.0. The van der Waals surface area contributed by atoms with Gasteiger partial charge < -0.3 is 9.73 Å². The molecule has 0 atom stereocenters. The van der Waals surface area contributed by atoms with E-state index >= 15 is 0 Å². The molecule has 1 aliphatic heterocycles. The molecule has 0 aliphatic carbocycles. The number of aryl methyl sites for hydroxylation is 2. The van der Waals surface area contributed by atoms with Gasteiger partial charge in [0.05, 0.1) is 23.4 Å². The number of amides is 2. The Morgan fingerprint density at radius 2 is 1.80 bits per heavy atom. The van der Waals surface area contributed by atoms with E-state index in [2.05, 4.69) is 5.32 Å². The Balaban J connectivity index is 1.81. The van der Waals surface area contributed by atoms with Gasteiger partial charge in [-0.2, -0.15) is 0 Å². The van der Waals surface area contributed by atoms with Crippen LogP contribution in [0.25, 0.3) is 5.57 Å². The third kappa shape index (κ3) is 3.74. The van der Waals surface area contributed by atoms with E-state index in [1.54, 1.807) is 30.3 Å². The number of rotatable bonds is 5. The van der Waals surface area contributed by atoms with Crippen molar-refractivity contribution in [2.24, 2.45) is 0 Å². The molecule has 0 saturated carbocycles. The molecule has 1 N–H and O–H groups in total. The molecule has 2 aromatic carbocycles. The zero-order chi connectivity index (χ0) is 21.4. The molecule has 0 radical (unpaired) electrons. The van der Waals surface area contributed by atoms with Crippen molar-refractivity contribution in [2.45, 2.75) is 20.4 Å². The van der Waals surface area contributed by atoms with Crippen molar-refractivity contribution in [3.63, 3.8) is 0 Å². The summed E-state index contributed by atoms with van der Waals surface area (Å²) in [5, 5.41) is 3.89. The predicted octanol–water partition coefficient (Wildman–Crippen LogP) is 5.60. The second-order valence-corrected chi connectivity index (χ2v) is 7.94. The van der Waals surface area contributed by atoms with Gasteiger partial charge in [0.15, 0.2) is 0 Å². The maximum atomic E-state index is 13.3. The second-order valence-electron chi connectivity index (χ2n) is 7.09. The van der Waals surface area contributed by atoms with Gasteiger partial charge in [-0.1, -0.05) is 47.0 Å². The van der Waals surface area contributed by atoms with E-state index < -0.39 is 11.8 Å². The minimum absolute atomic E-state index is 0.0252. The second kappa shape index (κ2) is 8.01. The standard InChI is InChI=1S/C23H18Cl2N2O3/c1-13-5-8-19(14(2)10-13)26-21-20(17-7-6-15(24)11-18(17)25)22(28)27(23(21)29)12-16-4-3-9-30-16/h3-11,26H,12H2,1-2H3. The van der Waals surface area contributed by atoms with Crippen LogP contribution in [0.4, 0.5) is 5.69 Å². The fourth-order valence-electron chi connectivity index (χ4n) is 3.42. The molecule has 5 nitrogen and oxygen atoms in total. The van der Waals surface area contributed by atoms with Crippen molar-refractivity contribution in [3.05, 3.63) is 93.0 Å². The lowest BCUT2D eigenvalue weighted by molar-refractivity contribution is -0.137. The van der Waals surface area contributed by atoms with Gasteiger partial charge in [-0.3, -0.25) is 14.5 Å². The molecule has 1 aliphatic rings. The zero-order valence-electron chi connectivity index (χ0n) is 16.3. The molecular formula is C23H18Cl2N2O3. The summed E-state index contributed by atoms with van der Waals surface area (Å²) in [6.07, 6.45) is 1.50. The first-order chi connectivity index (χ1) is 14.3. The molecule has 2 amide bonds. The van der Waals surface area contributed by atoms with Gasteiger partial charge in [-0.25, -0.2) is 0 Å². The van der Waals surface area contributed by atoms with Crippen molar-refractivity contribution in [1.82, 2.24) is 4.90 Å². The summed E-state index contributed by atoms with van der Waals surface area (Å²) in [6, 6.07) is 14.1. The van der Waals surface area contributed by atoms with Gasteiger partial charge in [0.1, 0.15) is 11.5 Å². The van der Waals surface area contributed by atoms with Crippen LogP contribution in [0, 0.1) is 13.8 Å². The van der Waals surface area contributed by atoms with Crippen molar-refractivity contribution in [2.75, 3.05) is 5.32 Å². The Kier molecular flexibility index (Phi) is 5.41. The van der Waals surface area contributed by atoms with E-state index in [0.717, 1.165) is 21.7 Å². The number of halogens is 2. The number of imide groups is 1. The first kappa shape index (κ1) is 20.3. The summed E-state index contributed by atoms with van der Waals surface area (Å²) in [6.45, 7) is 3.95. The van der Waals surface area contributed by atoms with Crippen molar-refractivity contribution in [1.29, 1.82) is 0 Å². The molecule has 0 bridgehead atoms. The van der Waals surface area contributed by atoms with E-state index in [4.69, 9.17) is 27.6 Å². The monoisotopic (exact) mass is 440 g/mol. The van der Waals surface area contributed by atoms with E-state index in [1.807, 2.05) is 32.0 Å². The lowest BCUT2D eigenvalue weighted by Crippen LogP contribution is -2.31. The molecule has 0 spiro atoms. The number of benzene rings is 2. The minimum atomic E-state index is -0.451. The van der Waals surface area contributed by atoms with Crippen molar-refractivity contribution < 1.29 is 14.0 Å². The highest BCUT2D eigenvalue weighted by atomic mass is 35.5. The Hall–Kier alpha value is -3.02. The normalized spacial score (nSPS) is 14.1. The number of nitrogens with one attached hydrogen (secondary N) is 1. The number of hydrogen-bond donors (Lipinski definition) is 1. The average molecular weight is 441 g/mol. The largest absolute Gasteiger partial charge is 0.467 e. The maximum Gasteiger partial charge on any atom is 0.278 e. The molecule has 7 heteroatoms. The quantitative estimate of drug-likeness (QED) is 0.524. The molecule has 2 heterocycles. The molecule has 30 heavy (non-hydrogen) atoms. The summed E-state index contributed by atoms with van der Waals surface area (Å²) < 4.78 is 5.33. The fraction of sp³-hybridized carbons (Fsp3) is 0.130. The Labute approximate surface area is 183 Å². The Bertz CT molecular complexity index is 1180. The van der Waals surface area contributed by atoms with Crippen LogP contribution in [-0.4, -0.2) is 16.7 Å². The van der Waals surface area contributed by atoms with Gasteiger partial charge in [0.2, 0.25) is 0 Å². The number of carbonyl (C=O) groups excluding carboxylic acids is 2. The van der Waals surface area contributed by atoms with Crippen LogP contribution >= 0.6 is 23.2 Å². The molecule has 0 fully saturated rings. The molecule has 0 saturated heterocycles. The SMILES string of the molecule is Cc1ccc(NC2=C(c3ccc(Cl)cc3Cl)C(=O)N(Cc3ccco3)C2=O)c(C)c1. The third-order valence-electron chi connectivity index (χ3n) is 4.90. The van der Waals surface area contributed by atoms with Crippen LogP contribution in [0.2, 0.25) is 10.0 Å². The molecule has 1 aromatic heterocycles. The summed E-state index contributed by atoms with van der Waals surface area (Å²) >= 11 is 12.4. The first-order valence-corrected chi connectivity index (χ1v) is 10.0. The van der Waals surface area contributed by atoms with Crippen LogP contribution in [0.15, 0.2) is 64.9 Å². The van der Waals surface area contributed by atoms with Gasteiger partial charge in [0.25, 0.3) is 11.8 Å². The smallest absolute Gasteiger partial charge is 0.278 e. The Morgan fingerprint density at radius 1 is 1.00 bits per heavy atom. The third-order valence-corrected chi connectivity index (χ3v) is 5.45. The highest BCUT2D eigenvalue weighted by Crippen LogP contribution is 2.36. The first-order valence-electron chi connectivity index (χ1n) is 9.27. The van der Waals surface area contributed by atoms with Crippen LogP contribution in [0.3, 0.4) is 0 Å². The number of furan rings is 1. The summed E-state index contributed by atoms with van der Waals surface area (Å²) in [5.41, 5.74) is 3.60. The molecule has 3 aromatic rings. The topological polar surface area (TPSA) is 62.6 Å². The van der Waals surface area contributed by atoms with Crippen molar-refractivity contribution in [3.8, 4) is 0 Å². The molecule has 4 rings (SSSR count). The van der Waals surface area contributed by atoms with Gasteiger partial charge in [0, 0.05) is 16.3 Å². The van der Waals surface area contributed by atoms with E-state index in [-0.39, 0.29) is 17.8 Å². The van der Waals surface area contributed by atoms with Crippen LogP contribution in [-0.2, 0) is 16.1 Å². The molecular weight excluding hydrogens is 423 g/mol. The molecule has 0 unspecified atom stereocenters. The number of nitrogens with zero attached hydrogens (tertiary/aromatic N) is 1. The minimum Gasteiger partial charge on any atom is -0.467 e. The van der Waals surface area contributed by atoms with Gasteiger partial charge in [-0.15, -0.1) is 0 Å². The summed E-state index contributed by atoms with van der Waals surface area (Å²) in [7, 11) is 0. The van der Waals surface area contributed by atoms with Crippen LogP contribution in [0.5, 0.6) is 0 Å². The van der Waals surface area contributed by atoms with Gasteiger partial charge >= 0.3 is 0 Å². The van der Waals surface area contributed by atoms with Crippen LogP contribution in [0.1, 0.15) is 22.5 Å². The summed E-state index contributed by atoms with van der Waals surface area (Å²) in [5.74, 6) is -0.392. The Morgan fingerprint density at radius 3 is 2.47 bits per heavy atom. The maximum absolute atomic E-state index is 13.3. The molecule has 152 valence electrons. The van der Waals surface area contributed by atoms with E-state index in [0.29, 0.717) is 21.4 Å². The van der Waals surface area contributed by atoms with Gasteiger partial charge in [-0.05, 0) is 49.7 Å². The van der Waals surface area contributed by atoms with E-state index in [1.165, 1.54) is 6.26 Å². The highest BCUT2D eigenvalue weighted by Gasteiger charge is 2.40. The zero-order valence-corrected chi connectivity index (χ0v) is 17.8. The number of anilines is 1. The van der Waals surface area contributed by atoms with Crippen LogP contribution < -0.4 is 5.32 Å².